The Balaban J connectivity index is 2.05. The van der Waals surface area contributed by atoms with Crippen molar-refractivity contribution in [3.8, 4) is 0 Å². The van der Waals surface area contributed by atoms with Crippen LogP contribution in [-0.4, -0.2) is 25.7 Å². The van der Waals surface area contributed by atoms with E-state index < -0.39 is 0 Å². The number of rotatable bonds is 6. The Morgan fingerprint density at radius 1 is 1.25 bits per heavy atom. The molecule has 0 atom stereocenters. The van der Waals surface area contributed by atoms with E-state index in [1.54, 1.807) is 0 Å². The van der Waals surface area contributed by atoms with Gasteiger partial charge >= 0.3 is 5.97 Å². The summed E-state index contributed by atoms with van der Waals surface area (Å²) in [5.74, 6) is 1.49. The van der Waals surface area contributed by atoms with Gasteiger partial charge in [0.25, 0.3) is 0 Å². The summed E-state index contributed by atoms with van der Waals surface area (Å²) in [5.41, 5.74) is 0. The second kappa shape index (κ2) is 7.66. The maximum absolute atomic E-state index is 10.6. The van der Waals surface area contributed by atoms with Crippen molar-refractivity contribution >= 4 is 5.97 Å². The van der Waals surface area contributed by atoms with Crippen LogP contribution in [0.15, 0.2) is 0 Å². The summed E-state index contributed by atoms with van der Waals surface area (Å²) in [6, 6.07) is 0. The van der Waals surface area contributed by atoms with Gasteiger partial charge in [0.1, 0.15) is 0 Å². The average molecular weight is 227 g/mol. The lowest BCUT2D eigenvalue weighted by molar-refractivity contribution is -0.141. The van der Waals surface area contributed by atoms with E-state index in [4.69, 9.17) is 4.74 Å². The third-order valence-electron chi connectivity index (χ3n) is 3.48. The monoisotopic (exact) mass is 227 g/mol. The van der Waals surface area contributed by atoms with E-state index in [2.05, 4.69) is 12.2 Å². The number of nitrogens with one attached hydrogen (secondary N) is 1. The first-order valence-electron chi connectivity index (χ1n) is 6.56. The van der Waals surface area contributed by atoms with Gasteiger partial charge in [0.15, 0.2) is 0 Å². The predicted octanol–water partition coefficient (Wildman–Crippen LogP) is 2.36. The van der Waals surface area contributed by atoms with Crippen LogP contribution in [0.2, 0.25) is 0 Å². The van der Waals surface area contributed by atoms with Crippen molar-refractivity contribution in [3.63, 3.8) is 0 Å². The van der Waals surface area contributed by atoms with Crippen molar-refractivity contribution in [1.82, 2.24) is 5.32 Å². The lowest BCUT2D eigenvalue weighted by atomic mass is 9.80. The molecular weight excluding hydrogens is 202 g/mol. The van der Waals surface area contributed by atoms with Crippen LogP contribution in [0.5, 0.6) is 0 Å². The first kappa shape index (κ1) is 13.5. The Hall–Kier alpha value is -0.570. The summed E-state index contributed by atoms with van der Waals surface area (Å²) >= 11 is 0. The van der Waals surface area contributed by atoms with Crippen LogP contribution in [0.4, 0.5) is 0 Å². The van der Waals surface area contributed by atoms with E-state index in [0.29, 0.717) is 6.61 Å². The van der Waals surface area contributed by atoms with Gasteiger partial charge in [-0.2, -0.15) is 0 Å². The van der Waals surface area contributed by atoms with E-state index >= 15 is 0 Å². The second-order valence-corrected chi connectivity index (χ2v) is 4.82. The highest BCUT2D eigenvalue weighted by Gasteiger charge is 2.20. The highest BCUT2D eigenvalue weighted by Crippen LogP contribution is 2.30. The maximum atomic E-state index is 10.6. The Morgan fingerprint density at radius 2 is 1.88 bits per heavy atom. The molecule has 3 nitrogen and oxygen atoms in total. The highest BCUT2D eigenvalue weighted by atomic mass is 16.5. The van der Waals surface area contributed by atoms with E-state index in [1.165, 1.54) is 39.2 Å². The zero-order valence-corrected chi connectivity index (χ0v) is 10.6. The molecule has 1 N–H and O–H groups in total. The number of hydrogen-bond acceptors (Lipinski definition) is 3. The summed E-state index contributed by atoms with van der Waals surface area (Å²) < 4.78 is 4.99. The summed E-state index contributed by atoms with van der Waals surface area (Å²) in [6.45, 7) is 6.50. The number of hydrogen-bond donors (Lipinski definition) is 1. The molecule has 0 radical (unpaired) electrons. The van der Waals surface area contributed by atoms with Crippen LogP contribution in [0.3, 0.4) is 0 Å². The minimum absolute atomic E-state index is 0.152. The number of carbonyl (C=O) groups excluding carboxylic acids is 1. The lowest BCUT2D eigenvalue weighted by Crippen LogP contribution is -2.26. The summed E-state index contributed by atoms with van der Waals surface area (Å²) in [5, 5.41) is 3.42. The van der Waals surface area contributed by atoms with Crippen molar-refractivity contribution in [2.45, 2.75) is 46.0 Å². The molecule has 0 aromatic rings. The zero-order valence-electron chi connectivity index (χ0n) is 10.6. The van der Waals surface area contributed by atoms with E-state index in [1.807, 2.05) is 0 Å². The molecule has 0 aromatic carbocycles. The van der Waals surface area contributed by atoms with E-state index in [0.717, 1.165) is 24.8 Å². The fraction of sp³-hybridized carbons (Fsp3) is 0.923. The van der Waals surface area contributed by atoms with Crippen LogP contribution >= 0.6 is 0 Å². The third-order valence-corrected chi connectivity index (χ3v) is 3.48. The minimum Gasteiger partial charge on any atom is -0.466 e. The van der Waals surface area contributed by atoms with Crippen LogP contribution in [0, 0.1) is 11.8 Å². The summed E-state index contributed by atoms with van der Waals surface area (Å²) in [6.07, 6.45) is 6.32. The van der Waals surface area contributed by atoms with Gasteiger partial charge in [-0.05, 0) is 44.2 Å². The molecule has 1 saturated carbocycles. The van der Waals surface area contributed by atoms with E-state index in [-0.39, 0.29) is 5.97 Å². The van der Waals surface area contributed by atoms with Gasteiger partial charge in [-0.25, -0.2) is 0 Å². The Bertz CT molecular complexity index is 198. The van der Waals surface area contributed by atoms with Gasteiger partial charge in [0, 0.05) is 6.92 Å². The van der Waals surface area contributed by atoms with Crippen LogP contribution < -0.4 is 5.32 Å². The second-order valence-electron chi connectivity index (χ2n) is 4.82. The SMILES string of the molecule is CCNC[C@H]1CC[C@H](CCOC(C)=O)CC1. The van der Waals surface area contributed by atoms with Gasteiger partial charge < -0.3 is 10.1 Å². The number of carbonyl (C=O) groups is 1. The largest absolute Gasteiger partial charge is 0.466 e. The van der Waals surface area contributed by atoms with Crippen LogP contribution in [0.1, 0.15) is 46.0 Å². The third kappa shape index (κ3) is 5.50. The Kier molecular flexibility index (Phi) is 6.46. The number of ether oxygens (including phenoxy) is 1. The fourth-order valence-corrected chi connectivity index (χ4v) is 2.44. The van der Waals surface area contributed by atoms with Gasteiger partial charge in [0.05, 0.1) is 6.61 Å². The molecule has 1 aliphatic carbocycles. The minimum atomic E-state index is -0.152. The first-order chi connectivity index (χ1) is 7.72. The quantitative estimate of drug-likeness (QED) is 0.708. The Morgan fingerprint density at radius 3 is 2.44 bits per heavy atom. The summed E-state index contributed by atoms with van der Waals surface area (Å²) in [7, 11) is 0. The predicted molar refractivity (Wildman–Crippen MR) is 65.2 cm³/mol. The number of esters is 1. The topological polar surface area (TPSA) is 38.3 Å². The molecule has 94 valence electrons. The van der Waals surface area contributed by atoms with Crippen molar-refractivity contribution in [1.29, 1.82) is 0 Å². The van der Waals surface area contributed by atoms with Crippen molar-refractivity contribution < 1.29 is 9.53 Å². The van der Waals surface area contributed by atoms with Gasteiger partial charge in [-0.1, -0.05) is 19.8 Å². The maximum Gasteiger partial charge on any atom is 0.302 e. The molecule has 0 bridgehead atoms. The summed E-state index contributed by atoms with van der Waals surface area (Å²) in [4.78, 5) is 10.6. The molecular formula is C13H25NO2. The van der Waals surface area contributed by atoms with Crippen LogP contribution in [-0.2, 0) is 9.53 Å². The molecule has 0 amide bonds. The smallest absolute Gasteiger partial charge is 0.302 e. The first-order valence-corrected chi connectivity index (χ1v) is 6.56. The lowest BCUT2D eigenvalue weighted by Gasteiger charge is -2.28. The molecule has 1 aliphatic rings. The molecule has 0 unspecified atom stereocenters. The van der Waals surface area contributed by atoms with Crippen molar-refractivity contribution in [2.75, 3.05) is 19.7 Å². The van der Waals surface area contributed by atoms with Gasteiger partial charge in [-0.15, -0.1) is 0 Å². The van der Waals surface area contributed by atoms with Crippen molar-refractivity contribution in [2.24, 2.45) is 11.8 Å². The molecule has 16 heavy (non-hydrogen) atoms. The molecule has 3 heteroatoms. The average Bonchev–Trinajstić information content (AvgIpc) is 2.27. The van der Waals surface area contributed by atoms with Gasteiger partial charge in [-0.3, -0.25) is 4.79 Å². The molecule has 0 saturated heterocycles. The molecule has 1 rings (SSSR count). The molecule has 0 heterocycles. The molecule has 1 fully saturated rings. The van der Waals surface area contributed by atoms with Crippen molar-refractivity contribution in [3.05, 3.63) is 0 Å². The van der Waals surface area contributed by atoms with Gasteiger partial charge in [0.2, 0.25) is 0 Å². The molecule has 0 aromatic heterocycles. The normalized spacial score (nSPS) is 25.4. The zero-order chi connectivity index (χ0) is 11.8. The highest BCUT2D eigenvalue weighted by molar-refractivity contribution is 5.65. The fourth-order valence-electron chi connectivity index (χ4n) is 2.44. The van der Waals surface area contributed by atoms with Crippen LogP contribution in [0.25, 0.3) is 0 Å². The molecule has 0 aliphatic heterocycles. The van der Waals surface area contributed by atoms with E-state index in [9.17, 15) is 4.79 Å². The standard InChI is InChI=1S/C13H25NO2/c1-3-14-10-13-6-4-12(5-7-13)8-9-16-11(2)15/h12-14H,3-10H2,1-2H3/t12-,13-. The Labute approximate surface area is 98.9 Å². The molecule has 0 spiro atoms.